The van der Waals surface area contributed by atoms with E-state index in [2.05, 4.69) is 20.6 Å². The minimum absolute atomic E-state index is 0.157. The van der Waals surface area contributed by atoms with Gasteiger partial charge in [0.05, 0.1) is 16.8 Å². The fourth-order valence-corrected chi connectivity index (χ4v) is 1.78. The van der Waals surface area contributed by atoms with E-state index in [0.717, 1.165) is 4.68 Å². The van der Waals surface area contributed by atoms with E-state index in [1.807, 2.05) is 0 Å². The van der Waals surface area contributed by atoms with Gasteiger partial charge in [0, 0.05) is 13.2 Å². The van der Waals surface area contributed by atoms with Crippen molar-refractivity contribution in [2.45, 2.75) is 6.92 Å². The standard InChI is InChI=1S/C12H12N6O3/c1-8-10(18(20)21)11(17(2)16-8)12(19)15-14-7-9-5-3-4-6-13-9/h3-7H,1-2H3,(H,15,19)/b14-7-. The first kappa shape index (κ1) is 14.3. The molecule has 2 rings (SSSR count). The SMILES string of the molecule is Cc1nn(C)c(C(=O)N/N=C\c2ccccn2)c1[N+](=O)[O-]. The molecule has 0 radical (unpaired) electrons. The van der Waals surface area contributed by atoms with Gasteiger partial charge < -0.3 is 0 Å². The maximum absolute atomic E-state index is 12.0. The summed E-state index contributed by atoms with van der Waals surface area (Å²) in [6, 6.07) is 5.22. The predicted molar refractivity (Wildman–Crippen MR) is 73.9 cm³/mol. The number of rotatable bonds is 4. The molecule has 0 unspecified atom stereocenters. The van der Waals surface area contributed by atoms with Crippen LogP contribution in [0.15, 0.2) is 29.5 Å². The molecule has 0 aliphatic heterocycles. The number of hydrogen-bond acceptors (Lipinski definition) is 6. The van der Waals surface area contributed by atoms with Crippen LogP contribution in [0.1, 0.15) is 21.9 Å². The molecule has 0 atom stereocenters. The fraction of sp³-hybridized carbons (Fsp3) is 0.167. The van der Waals surface area contributed by atoms with Crippen LogP contribution in [-0.4, -0.2) is 31.8 Å². The second-order valence-electron chi connectivity index (χ2n) is 4.12. The minimum atomic E-state index is -0.711. The Labute approximate surface area is 119 Å². The number of amides is 1. The molecule has 0 bridgehead atoms. The molecule has 2 heterocycles. The summed E-state index contributed by atoms with van der Waals surface area (Å²) in [5.74, 6) is -0.711. The number of hydrogen-bond donors (Lipinski definition) is 1. The Hall–Kier alpha value is -3.10. The molecule has 0 aliphatic carbocycles. The first-order valence-electron chi connectivity index (χ1n) is 5.93. The van der Waals surface area contributed by atoms with Crippen LogP contribution in [0.3, 0.4) is 0 Å². The number of carbonyl (C=O) groups excluding carboxylic acids is 1. The molecule has 1 amide bonds. The summed E-state index contributed by atoms with van der Waals surface area (Å²) in [5.41, 5.74) is 2.45. The van der Waals surface area contributed by atoms with Gasteiger partial charge in [-0.25, -0.2) is 5.43 Å². The van der Waals surface area contributed by atoms with Gasteiger partial charge in [0.2, 0.25) is 5.69 Å². The average molecular weight is 288 g/mol. The summed E-state index contributed by atoms with van der Waals surface area (Å²) in [5, 5.41) is 18.6. The van der Waals surface area contributed by atoms with Crippen molar-refractivity contribution in [1.29, 1.82) is 0 Å². The zero-order chi connectivity index (χ0) is 15.4. The predicted octanol–water partition coefficient (Wildman–Crippen LogP) is 0.796. The molecular weight excluding hydrogens is 276 g/mol. The third kappa shape index (κ3) is 3.08. The third-order valence-corrected chi connectivity index (χ3v) is 2.64. The number of nitrogens with zero attached hydrogens (tertiary/aromatic N) is 5. The van der Waals surface area contributed by atoms with Crippen molar-refractivity contribution in [3.63, 3.8) is 0 Å². The van der Waals surface area contributed by atoms with Crippen molar-refractivity contribution in [3.05, 3.63) is 51.6 Å². The Balaban J connectivity index is 2.18. The topological polar surface area (TPSA) is 115 Å². The maximum Gasteiger partial charge on any atom is 0.322 e. The van der Waals surface area contributed by atoms with Crippen molar-refractivity contribution in [3.8, 4) is 0 Å². The number of nitrogens with one attached hydrogen (secondary N) is 1. The number of aromatic nitrogens is 3. The van der Waals surface area contributed by atoms with E-state index in [0.29, 0.717) is 5.69 Å². The molecule has 9 heteroatoms. The van der Waals surface area contributed by atoms with Crippen LogP contribution in [0.25, 0.3) is 0 Å². The van der Waals surface area contributed by atoms with Crippen molar-refractivity contribution in [2.24, 2.45) is 12.1 Å². The van der Waals surface area contributed by atoms with Crippen LogP contribution in [0, 0.1) is 17.0 Å². The molecule has 0 aromatic carbocycles. The lowest BCUT2D eigenvalue weighted by molar-refractivity contribution is -0.385. The minimum Gasteiger partial charge on any atom is -0.265 e. The zero-order valence-corrected chi connectivity index (χ0v) is 11.3. The molecular formula is C12H12N6O3. The quantitative estimate of drug-likeness (QED) is 0.507. The summed E-state index contributed by atoms with van der Waals surface area (Å²) in [7, 11) is 1.46. The molecule has 0 aliphatic rings. The number of pyridine rings is 1. The van der Waals surface area contributed by atoms with Gasteiger partial charge in [-0.3, -0.25) is 24.6 Å². The van der Waals surface area contributed by atoms with Gasteiger partial charge >= 0.3 is 5.69 Å². The molecule has 0 fully saturated rings. The van der Waals surface area contributed by atoms with Crippen LogP contribution in [0.2, 0.25) is 0 Å². The normalized spacial score (nSPS) is 10.8. The first-order chi connectivity index (χ1) is 10.0. The molecule has 21 heavy (non-hydrogen) atoms. The molecule has 1 N–H and O–H groups in total. The second-order valence-corrected chi connectivity index (χ2v) is 4.12. The van der Waals surface area contributed by atoms with E-state index in [-0.39, 0.29) is 17.1 Å². The van der Waals surface area contributed by atoms with Crippen molar-refractivity contribution >= 4 is 17.8 Å². The van der Waals surface area contributed by atoms with Gasteiger partial charge in [0.25, 0.3) is 5.91 Å². The van der Waals surface area contributed by atoms with Crippen LogP contribution >= 0.6 is 0 Å². The van der Waals surface area contributed by atoms with Crippen LogP contribution in [0.5, 0.6) is 0 Å². The lowest BCUT2D eigenvalue weighted by atomic mass is 10.3. The van der Waals surface area contributed by atoms with Crippen molar-refractivity contribution in [1.82, 2.24) is 20.2 Å². The highest BCUT2D eigenvalue weighted by molar-refractivity contribution is 5.97. The lowest BCUT2D eigenvalue weighted by Gasteiger charge is -1.99. The molecule has 2 aromatic rings. The largest absolute Gasteiger partial charge is 0.322 e. The average Bonchev–Trinajstić information content (AvgIpc) is 2.74. The summed E-state index contributed by atoms with van der Waals surface area (Å²) in [6.07, 6.45) is 2.92. The van der Waals surface area contributed by atoms with Gasteiger partial charge in [0.15, 0.2) is 0 Å². The molecule has 0 spiro atoms. The molecule has 9 nitrogen and oxygen atoms in total. The molecule has 0 saturated carbocycles. The monoisotopic (exact) mass is 288 g/mol. The molecule has 2 aromatic heterocycles. The Kier molecular flexibility index (Phi) is 4.02. The third-order valence-electron chi connectivity index (χ3n) is 2.64. The van der Waals surface area contributed by atoms with Crippen LogP contribution in [-0.2, 0) is 7.05 Å². The van der Waals surface area contributed by atoms with Crippen LogP contribution in [0.4, 0.5) is 5.69 Å². The van der Waals surface area contributed by atoms with Gasteiger partial charge in [-0.2, -0.15) is 10.2 Å². The Morgan fingerprint density at radius 3 is 2.90 bits per heavy atom. The Morgan fingerprint density at radius 1 is 1.52 bits per heavy atom. The summed E-state index contributed by atoms with van der Waals surface area (Å²) in [6.45, 7) is 1.46. The van der Waals surface area contributed by atoms with Crippen molar-refractivity contribution in [2.75, 3.05) is 0 Å². The van der Waals surface area contributed by atoms with Crippen LogP contribution < -0.4 is 5.43 Å². The maximum atomic E-state index is 12.0. The lowest BCUT2D eigenvalue weighted by Crippen LogP contribution is -2.22. The fourth-order valence-electron chi connectivity index (χ4n) is 1.78. The van der Waals surface area contributed by atoms with E-state index in [1.54, 1.807) is 24.4 Å². The van der Waals surface area contributed by atoms with E-state index in [1.165, 1.54) is 20.2 Å². The van der Waals surface area contributed by atoms with Gasteiger partial charge in [-0.15, -0.1) is 0 Å². The summed E-state index contributed by atoms with van der Waals surface area (Å²) in [4.78, 5) is 26.3. The summed E-state index contributed by atoms with van der Waals surface area (Å²) >= 11 is 0. The number of carbonyl (C=O) groups is 1. The number of nitro groups is 1. The van der Waals surface area contributed by atoms with Crippen molar-refractivity contribution < 1.29 is 9.72 Å². The molecule has 0 saturated heterocycles. The number of hydrazone groups is 1. The second kappa shape index (κ2) is 5.90. The number of aryl methyl sites for hydroxylation is 2. The van der Waals surface area contributed by atoms with E-state index >= 15 is 0 Å². The van der Waals surface area contributed by atoms with E-state index in [9.17, 15) is 14.9 Å². The van der Waals surface area contributed by atoms with Gasteiger partial charge in [-0.1, -0.05) is 6.07 Å². The Morgan fingerprint density at radius 2 is 2.29 bits per heavy atom. The highest BCUT2D eigenvalue weighted by atomic mass is 16.6. The summed E-state index contributed by atoms with van der Waals surface area (Å²) < 4.78 is 1.15. The smallest absolute Gasteiger partial charge is 0.265 e. The highest BCUT2D eigenvalue weighted by Gasteiger charge is 2.28. The zero-order valence-electron chi connectivity index (χ0n) is 11.3. The van der Waals surface area contributed by atoms with E-state index < -0.39 is 10.8 Å². The first-order valence-corrected chi connectivity index (χ1v) is 5.93. The van der Waals surface area contributed by atoms with Gasteiger partial charge in [-0.05, 0) is 19.1 Å². The Bertz CT molecular complexity index is 707. The highest BCUT2D eigenvalue weighted by Crippen LogP contribution is 2.21. The van der Waals surface area contributed by atoms with Gasteiger partial charge in [0.1, 0.15) is 5.69 Å². The molecule has 108 valence electrons. The van der Waals surface area contributed by atoms with E-state index in [4.69, 9.17) is 0 Å².